The van der Waals surface area contributed by atoms with E-state index in [1.807, 2.05) is 19.1 Å². The van der Waals surface area contributed by atoms with Gasteiger partial charge >= 0.3 is 5.97 Å². The van der Waals surface area contributed by atoms with E-state index in [1.54, 1.807) is 0 Å². The molecule has 3 saturated carbocycles. The fourth-order valence-electron chi connectivity index (χ4n) is 8.04. The summed E-state index contributed by atoms with van der Waals surface area (Å²) >= 11 is 0. The summed E-state index contributed by atoms with van der Waals surface area (Å²) in [5, 5.41) is 10.2. The number of allylic oxidation sites excluding steroid dienone is 2. The summed E-state index contributed by atoms with van der Waals surface area (Å²) in [4.78, 5) is 24.6. The number of ether oxygens (including phenoxy) is 1. The van der Waals surface area contributed by atoms with Crippen LogP contribution in [0.15, 0.2) is 23.8 Å². The van der Waals surface area contributed by atoms with Gasteiger partial charge in [-0.2, -0.15) is 0 Å². The van der Waals surface area contributed by atoms with Crippen molar-refractivity contribution in [1.29, 1.82) is 0 Å². The van der Waals surface area contributed by atoms with Crippen LogP contribution in [-0.4, -0.2) is 29.1 Å². The highest BCUT2D eigenvalue weighted by Gasteiger charge is 2.66. The lowest BCUT2D eigenvalue weighted by atomic mass is 9.44. The lowest BCUT2D eigenvalue weighted by molar-refractivity contribution is -0.172. The fraction of sp³-hybridized carbons (Fsp3) is 0.760. The van der Waals surface area contributed by atoms with Gasteiger partial charge < -0.3 is 14.6 Å². The van der Waals surface area contributed by atoms with Gasteiger partial charge in [0, 0.05) is 12.3 Å². The third-order valence-corrected chi connectivity index (χ3v) is 9.17. The van der Waals surface area contributed by atoms with Gasteiger partial charge in [0.05, 0.1) is 11.5 Å². The minimum atomic E-state index is -0.528. The molecule has 0 radical (unpaired) electrons. The Labute approximate surface area is 174 Å². The standard InChI is InChI=1S/C25H36O4/c1-5-9-25(29-17(3)27)12-8-20-19-13-16(2)22-14-18(28)6-11-24(22,15-26)21(19)7-10-23(20,25)4/h5,9,14-16,18-21,28H,6-8,10-13H2,1-4H3/t16?,18-,19-,20-,21-,23-,24-,25+/m0/s1. The molecule has 0 amide bonds. The first-order valence-electron chi connectivity index (χ1n) is 11.4. The van der Waals surface area contributed by atoms with E-state index in [2.05, 4.69) is 19.9 Å². The SMILES string of the molecule is CC=C[C@@]1(OC(C)=O)CC[C@H]2[C@@H]3CC(C)C4=C[C@@H](O)CC[C@]4(C=O)[C@H]3CC[C@@]21C. The van der Waals surface area contributed by atoms with Crippen molar-refractivity contribution in [3.05, 3.63) is 23.8 Å². The number of aliphatic hydroxyl groups excluding tert-OH is 1. The second kappa shape index (κ2) is 7.08. The normalized spacial score (nSPS) is 49.0. The van der Waals surface area contributed by atoms with Gasteiger partial charge in [-0.25, -0.2) is 0 Å². The summed E-state index contributed by atoms with van der Waals surface area (Å²) in [6.45, 7) is 8.06. The molecule has 0 heterocycles. The van der Waals surface area contributed by atoms with Gasteiger partial charge in [-0.3, -0.25) is 4.79 Å². The van der Waals surface area contributed by atoms with E-state index in [-0.39, 0.29) is 11.4 Å². The molecule has 4 aliphatic carbocycles. The molecule has 1 unspecified atom stereocenters. The number of aliphatic hydroxyl groups is 1. The predicted octanol–water partition coefficient (Wildman–Crippen LogP) is 4.61. The minimum absolute atomic E-state index is 0.0917. The van der Waals surface area contributed by atoms with Gasteiger partial charge in [0.25, 0.3) is 0 Å². The molecule has 0 aromatic heterocycles. The second-order valence-corrected chi connectivity index (χ2v) is 10.4. The molecule has 4 heteroatoms. The Morgan fingerprint density at radius 2 is 1.93 bits per heavy atom. The average molecular weight is 401 g/mol. The molecule has 0 aliphatic heterocycles. The van der Waals surface area contributed by atoms with E-state index in [9.17, 15) is 14.7 Å². The van der Waals surface area contributed by atoms with Crippen molar-refractivity contribution in [1.82, 2.24) is 0 Å². The quantitative estimate of drug-likeness (QED) is 0.427. The smallest absolute Gasteiger partial charge is 0.303 e. The number of carbonyl (C=O) groups is 2. The lowest BCUT2D eigenvalue weighted by Gasteiger charge is -2.60. The molecule has 0 aromatic carbocycles. The van der Waals surface area contributed by atoms with Gasteiger partial charge in [0.15, 0.2) is 0 Å². The maximum atomic E-state index is 12.6. The highest BCUT2D eigenvalue weighted by Crippen LogP contribution is 2.69. The Bertz CT molecular complexity index is 754. The average Bonchev–Trinajstić information content (AvgIpc) is 2.94. The topological polar surface area (TPSA) is 63.6 Å². The van der Waals surface area contributed by atoms with Crippen LogP contribution in [0, 0.1) is 34.5 Å². The molecule has 160 valence electrons. The highest BCUT2D eigenvalue weighted by molar-refractivity contribution is 5.68. The summed E-state index contributed by atoms with van der Waals surface area (Å²) in [6.07, 6.45) is 13.3. The van der Waals surface area contributed by atoms with Crippen molar-refractivity contribution < 1.29 is 19.4 Å². The molecule has 0 bridgehead atoms. The molecule has 0 spiro atoms. The van der Waals surface area contributed by atoms with Crippen LogP contribution < -0.4 is 0 Å². The Balaban J connectivity index is 1.75. The van der Waals surface area contributed by atoms with E-state index in [0.29, 0.717) is 30.1 Å². The molecule has 0 aromatic rings. The van der Waals surface area contributed by atoms with E-state index < -0.39 is 17.1 Å². The zero-order chi connectivity index (χ0) is 21.0. The number of carbonyl (C=O) groups excluding carboxylic acids is 2. The van der Waals surface area contributed by atoms with Crippen LogP contribution >= 0.6 is 0 Å². The van der Waals surface area contributed by atoms with Crippen LogP contribution in [0.3, 0.4) is 0 Å². The Morgan fingerprint density at radius 3 is 2.59 bits per heavy atom. The predicted molar refractivity (Wildman–Crippen MR) is 112 cm³/mol. The van der Waals surface area contributed by atoms with E-state index >= 15 is 0 Å². The summed E-state index contributed by atoms with van der Waals surface area (Å²) in [5.74, 6) is 1.35. The lowest BCUT2D eigenvalue weighted by Crippen LogP contribution is -2.57. The third kappa shape index (κ3) is 2.81. The molecule has 29 heavy (non-hydrogen) atoms. The van der Waals surface area contributed by atoms with E-state index in [0.717, 1.165) is 38.5 Å². The van der Waals surface area contributed by atoms with Crippen LogP contribution in [0.2, 0.25) is 0 Å². The molecule has 0 saturated heterocycles. The molecule has 3 fully saturated rings. The van der Waals surface area contributed by atoms with Gasteiger partial charge in [-0.05, 0) is 81.6 Å². The van der Waals surface area contributed by atoms with Gasteiger partial charge in [0.1, 0.15) is 11.9 Å². The van der Waals surface area contributed by atoms with E-state index in [4.69, 9.17) is 4.74 Å². The number of aldehydes is 1. The van der Waals surface area contributed by atoms with Crippen LogP contribution in [0.5, 0.6) is 0 Å². The Morgan fingerprint density at radius 1 is 1.21 bits per heavy atom. The van der Waals surface area contributed by atoms with E-state index in [1.165, 1.54) is 18.8 Å². The number of esters is 1. The number of fused-ring (bicyclic) bond motifs is 5. The maximum Gasteiger partial charge on any atom is 0.303 e. The number of hydrogen-bond acceptors (Lipinski definition) is 4. The first kappa shape index (κ1) is 20.8. The van der Waals surface area contributed by atoms with Crippen LogP contribution in [0.25, 0.3) is 0 Å². The molecule has 1 N–H and O–H groups in total. The first-order valence-corrected chi connectivity index (χ1v) is 11.4. The summed E-state index contributed by atoms with van der Waals surface area (Å²) in [7, 11) is 0. The molecule has 4 aliphatic rings. The molecular weight excluding hydrogens is 364 g/mol. The van der Waals surface area contributed by atoms with Gasteiger partial charge in [-0.1, -0.05) is 31.6 Å². The minimum Gasteiger partial charge on any atom is -0.454 e. The summed E-state index contributed by atoms with van der Waals surface area (Å²) in [6, 6.07) is 0. The number of rotatable bonds is 3. The zero-order valence-electron chi connectivity index (χ0n) is 18.3. The third-order valence-electron chi connectivity index (χ3n) is 9.17. The Hall–Kier alpha value is -1.42. The van der Waals surface area contributed by atoms with Crippen LogP contribution in [0.1, 0.15) is 72.6 Å². The largest absolute Gasteiger partial charge is 0.454 e. The second-order valence-electron chi connectivity index (χ2n) is 10.4. The molecule has 8 atom stereocenters. The number of hydrogen-bond donors (Lipinski definition) is 1. The molecule has 4 nitrogen and oxygen atoms in total. The zero-order valence-corrected chi connectivity index (χ0v) is 18.3. The van der Waals surface area contributed by atoms with Crippen molar-refractivity contribution in [3.63, 3.8) is 0 Å². The van der Waals surface area contributed by atoms with Crippen molar-refractivity contribution in [2.75, 3.05) is 0 Å². The molecule has 4 rings (SSSR count). The van der Waals surface area contributed by atoms with Crippen molar-refractivity contribution in [2.24, 2.45) is 34.5 Å². The van der Waals surface area contributed by atoms with Crippen LogP contribution in [-0.2, 0) is 14.3 Å². The van der Waals surface area contributed by atoms with Crippen molar-refractivity contribution in [3.8, 4) is 0 Å². The summed E-state index contributed by atoms with van der Waals surface area (Å²) < 4.78 is 6.05. The fourth-order valence-corrected chi connectivity index (χ4v) is 8.04. The highest BCUT2D eigenvalue weighted by atomic mass is 16.6. The van der Waals surface area contributed by atoms with Crippen molar-refractivity contribution in [2.45, 2.75) is 84.3 Å². The molecular formula is C25H36O4. The van der Waals surface area contributed by atoms with Crippen molar-refractivity contribution >= 4 is 12.3 Å². The van der Waals surface area contributed by atoms with Crippen LogP contribution in [0.4, 0.5) is 0 Å². The first-order chi connectivity index (χ1) is 13.7. The van der Waals surface area contributed by atoms with Gasteiger partial charge in [0.2, 0.25) is 0 Å². The maximum absolute atomic E-state index is 12.6. The monoisotopic (exact) mass is 400 g/mol. The Kier molecular flexibility index (Phi) is 5.08. The summed E-state index contributed by atoms with van der Waals surface area (Å²) in [5.41, 5.74) is 0.162. The van der Waals surface area contributed by atoms with Gasteiger partial charge in [-0.15, -0.1) is 0 Å².